The molecule has 2 aromatic rings. The van der Waals surface area contributed by atoms with E-state index < -0.39 is 0 Å². The number of benzene rings is 2. The van der Waals surface area contributed by atoms with Crippen LogP contribution in [0.25, 0.3) is 0 Å². The summed E-state index contributed by atoms with van der Waals surface area (Å²) in [6.45, 7) is 8.58. The Morgan fingerprint density at radius 1 is 0.897 bits per heavy atom. The normalized spacial score (nSPS) is 11.8. The van der Waals surface area contributed by atoms with Crippen LogP contribution in [-0.2, 0) is 17.9 Å². The molecule has 0 heterocycles. The molecular formula is C26H37NO2. The highest BCUT2D eigenvalue weighted by molar-refractivity contribution is 5.78. The second-order valence-corrected chi connectivity index (χ2v) is 7.78. The summed E-state index contributed by atoms with van der Waals surface area (Å²) in [5.41, 5.74) is 2.32. The molecule has 0 aromatic heterocycles. The fourth-order valence-electron chi connectivity index (χ4n) is 3.48. The molecule has 0 N–H and O–H groups in total. The van der Waals surface area contributed by atoms with Gasteiger partial charge in [0.05, 0.1) is 0 Å². The molecule has 0 spiro atoms. The summed E-state index contributed by atoms with van der Waals surface area (Å²) in [6.07, 6.45) is 6.34. The van der Waals surface area contributed by atoms with Gasteiger partial charge in [0.1, 0.15) is 12.4 Å². The highest BCUT2D eigenvalue weighted by Crippen LogP contribution is 2.20. The molecule has 0 radical (unpaired) electrons. The minimum absolute atomic E-state index is 0.153. The predicted octanol–water partition coefficient (Wildman–Crippen LogP) is 6.61. The maximum absolute atomic E-state index is 13.1. The highest BCUT2D eigenvalue weighted by atomic mass is 16.5. The van der Waals surface area contributed by atoms with Crippen LogP contribution < -0.4 is 4.74 Å². The van der Waals surface area contributed by atoms with Crippen molar-refractivity contribution in [3.05, 3.63) is 65.7 Å². The summed E-state index contributed by atoms with van der Waals surface area (Å²) in [6, 6.07) is 18.4. The zero-order valence-electron chi connectivity index (χ0n) is 18.4. The molecule has 2 rings (SSSR count). The van der Waals surface area contributed by atoms with Gasteiger partial charge in [0, 0.05) is 19.0 Å². The zero-order chi connectivity index (χ0) is 20.9. The van der Waals surface area contributed by atoms with Gasteiger partial charge in [0.15, 0.2) is 0 Å². The third-order valence-electron chi connectivity index (χ3n) is 5.39. The molecule has 29 heavy (non-hydrogen) atoms. The molecule has 0 aliphatic heterocycles. The van der Waals surface area contributed by atoms with Crippen molar-refractivity contribution in [2.45, 2.75) is 72.4 Å². The van der Waals surface area contributed by atoms with Crippen molar-refractivity contribution in [2.75, 3.05) is 6.54 Å². The number of unbranched alkanes of at least 4 members (excludes halogenated alkanes) is 2. The number of ether oxygens (including phenoxy) is 1. The zero-order valence-corrected chi connectivity index (χ0v) is 18.4. The van der Waals surface area contributed by atoms with Crippen molar-refractivity contribution in [3.8, 4) is 5.75 Å². The minimum Gasteiger partial charge on any atom is -0.489 e. The molecule has 0 fully saturated rings. The van der Waals surface area contributed by atoms with Gasteiger partial charge in [-0.2, -0.15) is 0 Å². The van der Waals surface area contributed by atoms with E-state index >= 15 is 0 Å². The Bertz CT molecular complexity index is 696. The van der Waals surface area contributed by atoms with E-state index in [-0.39, 0.29) is 5.92 Å². The summed E-state index contributed by atoms with van der Waals surface area (Å²) >= 11 is 0. The van der Waals surface area contributed by atoms with Crippen molar-refractivity contribution in [1.29, 1.82) is 0 Å². The maximum Gasteiger partial charge on any atom is 0.225 e. The second-order valence-electron chi connectivity index (χ2n) is 7.78. The SMILES string of the molecule is CCCC[C@H](CC)C(=O)N(CCCC)Cc1ccc(OCc2ccccc2)cc1. The van der Waals surface area contributed by atoms with Gasteiger partial charge in [0.25, 0.3) is 0 Å². The summed E-state index contributed by atoms with van der Waals surface area (Å²) in [4.78, 5) is 15.2. The first kappa shape index (κ1) is 23.0. The third kappa shape index (κ3) is 7.92. The first-order valence-corrected chi connectivity index (χ1v) is 11.2. The van der Waals surface area contributed by atoms with Gasteiger partial charge >= 0.3 is 0 Å². The van der Waals surface area contributed by atoms with Crippen LogP contribution in [0.2, 0.25) is 0 Å². The van der Waals surface area contributed by atoms with E-state index in [1.165, 1.54) is 0 Å². The fraction of sp³-hybridized carbons (Fsp3) is 0.500. The second kappa shape index (κ2) is 13.0. The molecule has 2 aromatic carbocycles. The highest BCUT2D eigenvalue weighted by Gasteiger charge is 2.22. The van der Waals surface area contributed by atoms with E-state index in [9.17, 15) is 4.79 Å². The molecule has 1 atom stereocenters. The average Bonchev–Trinajstić information content (AvgIpc) is 2.77. The monoisotopic (exact) mass is 395 g/mol. The molecule has 3 nitrogen and oxygen atoms in total. The van der Waals surface area contributed by atoms with Crippen LogP contribution in [-0.4, -0.2) is 17.4 Å². The number of hydrogen-bond acceptors (Lipinski definition) is 2. The van der Waals surface area contributed by atoms with Crippen molar-refractivity contribution < 1.29 is 9.53 Å². The summed E-state index contributed by atoms with van der Waals surface area (Å²) in [7, 11) is 0. The van der Waals surface area contributed by atoms with Crippen LogP contribution in [0.1, 0.15) is 70.4 Å². The third-order valence-corrected chi connectivity index (χ3v) is 5.39. The molecule has 0 aliphatic rings. The van der Waals surface area contributed by atoms with Gasteiger partial charge in [0.2, 0.25) is 5.91 Å². The standard InChI is InChI=1S/C26H37NO2/c1-4-7-14-24(6-3)26(28)27(19-8-5-2)20-22-15-17-25(18-16-22)29-21-23-12-10-9-11-13-23/h9-13,15-18,24H,4-8,14,19-21H2,1-3H3/t24-/m0/s1. The molecular weight excluding hydrogens is 358 g/mol. The smallest absolute Gasteiger partial charge is 0.225 e. The van der Waals surface area contributed by atoms with Crippen LogP contribution in [0.15, 0.2) is 54.6 Å². The number of hydrogen-bond donors (Lipinski definition) is 0. The van der Waals surface area contributed by atoms with Gasteiger partial charge in [-0.1, -0.05) is 82.5 Å². The summed E-state index contributed by atoms with van der Waals surface area (Å²) in [5, 5.41) is 0. The average molecular weight is 396 g/mol. The first-order valence-electron chi connectivity index (χ1n) is 11.2. The van der Waals surface area contributed by atoms with Crippen LogP contribution in [0.5, 0.6) is 5.75 Å². The number of carbonyl (C=O) groups is 1. The Kier molecular flexibility index (Phi) is 10.3. The molecule has 0 bridgehead atoms. The Morgan fingerprint density at radius 3 is 2.21 bits per heavy atom. The van der Waals surface area contributed by atoms with Crippen LogP contribution in [0.4, 0.5) is 0 Å². The number of amides is 1. The Labute approximate surface area is 177 Å². The van der Waals surface area contributed by atoms with Crippen molar-refractivity contribution in [2.24, 2.45) is 5.92 Å². The van der Waals surface area contributed by atoms with E-state index in [0.29, 0.717) is 19.1 Å². The molecule has 0 aliphatic carbocycles. The molecule has 158 valence electrons. The molecule has 3 heteroatoms. The number of carbonyl (C=O) groups excluding carboxylic acids is 1. The topological polar surface area (TPSA) is 29.5 Å². The number of nitrogens with zero attached hydrogens (tertiary/aromatic N) is 1. The van der Waals surface area contributed by atoms with Gasteiger partial charge in [-0.25, -0.2) is 0 Å². The first-order chi connectivity index (χ1) is 14.2. The summed E-state index contributed by atoms with van der Waals surface area (Å²) < 4.78 is 5.88. The van der Waals surface area contributed by atoms with E-state index in [1.54, 1.807) is 0 Å². The minimum atomic E-state index is 0.153. The lowest BCUT2D eigenvalue weighted by Crippen LogP contribution is -2.36. The van der Waals surface area contributed by atoms with Crippen LogP contribution in [0.3, 0.4) is 0 Å². The van der Waals surface area contributed by atoms with Gasteiger partial charge in [-0.3, -0.25) is 4.79 Å². The summed E-state index contributed by atoms with van der Waals surface area (Å²) in [5.74, 6) is 1.33. The van der Waals surface area contributed by atoms with Gasteiger partial charge in [-0.15, -0.1) is 0 Å². The quantitative estimate of drug-likeness (QED) is 0.382. The molecule has 0 saturated carbocycles. The Hall–Kier alpha value is -2.29. The largest absolute Gasteiger partial charge is 0.489 e. The van der Waals surface area contributed by atoms with Gasteiger partial charge in [-0.05, 0) is 42.5 Å². The lowest BCUT2D eigenvalue weighted by atomic mass is 9.97. The van der Waals surface area contributed by atoms with E-state index in [0.717, 1.165) is 61.9 Å². The number of rotatable bonds is 13. The predicted molar refractivity (Wildman–Crippen MR) is 121 cm³/mol. The lowest BCUT2D eigenvalue weighted by Gasteiger charge is -2.27. The van der Waals surface area contributed by atoms with Crippen molar-refractivity contribution >= 4 is 5.91 Å². The van der Waals surface area contributed by atoms with Crippen molar-refractivity contribution in [3.63, 3.8) is 0 Å². The van der Waals surface area contributed by atoms with E-state index in [1.807, 2.05) is 30.3 Å². The van der Waals surface area contributed by atoms with Crippen molar-refractivity contribution in [1.82, 2.24) is 4.90 Å². The maximum atomic E-state index is 13.1. The Morgan fingerprint density at radius 2 is 1.59 bits per heavy atom. The Balaban J connectivity index is 1.97. The molecule has 0 unspecified atom stereocenters. The molecule has 0 saturated heterocycles. The fourth-order valence-corrected chi connectivity index (χ4v) is 3.48. The molecule has 1 amide bonds. The lowest BCUT2D eigenvalue weighted by molar-refractivity contribution is -0.136. The van der Waals surface area contributed by atoms with E-state index in [4.69, 9.17) is 4.74 Å². The van der Waals surface area contributed by atoms with Crippen LogP contribution in [0, 0.1) is 5.92 Å². The van der Waals surface area contributed by atoms with E-state index in [2.05, 4.69) is 49.9 Å². The van der Waals surface area contributed by atoms with Crippen LogP contribution >= 0.6 is 0 Å². The van der Waals surface area contributed by atoms with Gasteiger partial charge < -0.3 is 9.64 Å².